The van der Waals surface area contributed by atoms with Crippen LogP contribution in [-0.2, 0) is 6.42 Å². The molecule has 4 rings (SSSR count). The van der Waals surface area contributed by atoms with Crippen molar-refractivity contribution < 1.29 is 4.79 Å². The Labute approximate surface area is 168 Å². The zero-order chi connectivity index (χ0) is 19.7. The number of nitrogens with one attached hydrogen (secondary N) is 2. The van der Waals surface area contributed by atoms with Gasteiger partial charge in [0, 0.05) is 5.56 Å². The van der Waals surface area contributed by atoms with E-state index in [0.29, 0.717) is 39.4 Å². The molecule has 142 valence electrons. The smallest absolute Gasteiger partial charge is 0.306 e. The minimum Gasteiger partial charge on any atom is -0.306 e. The fraction of sp³-hybridized carbons (Fsp3) is 0.125. The first-order valence-electron chi connectivity index (χ1n) is 8.18. The van der Waals surface area contributed by atoms with Gasteiger partial charge in [0.15, 0.2) is 11.5 Å². The van der Waals surface area contributed by atoms with Crippen molar-refractivity contribution in [1.29, 1.82) is 0 Å². The largest absolute Gasteiger partial charge is 0.323 e. The van der Waals surface area contributed by atoms with Gasteiger partial charge >= 0.3 is 6.03 Å². The topological polar surface area (TPSA) is 115 Å². The van der Waals surface area contributed by atoms with Gasteiger partial charge in [-0.3, -0.25) is 0 Å². The Hall–Kier alpha value is -3.24. The molecule has 4 aromatic rings. The third-order valence-corrected chi connectivity index (χ3v) is 4.31. The monoisotopic (exact) mass is 417 g/mol. The number of amides is 2. The summed E-state index contributed by atoms with van der Waals surface area (Å²) in [5, 5.41) is 18.2. The number of carbonyl (C=O) groups excluding carboxylic acids is 1. The van der Waals surface area contributed by atoms with Crippen LogP contribution < -0.4 is 10.6 Å². The molecule has 2 N–H and O–H groups in total. The van der Waals surface area contributed by atoms with Crippen molar-refractivity contribution in [3.8, 4) is 5.82 Å². The fourth-order valence-corrected chi connectivity index (χ4v) is 3.08. The lowest BCUT2D eigenvalue weighted by Crippen LogP contribution is -2.21. The van der Waals surface area contributed by atoms with E-state index in [-0.39, 0.29) is 0 Å². The molecular formula is C16H13Cl2N9O. The molecular weight excluding hydrogens is 405 g/mol. The van der Waals surface area contributed by atoms with Crippen LogP contribution in [0.15, 0.2) is 37.1 Å². The van der Waals surface area contributed by atoms with E-state index in [0.717, 1.165) is 5.56 Å². The van der Waals surface area contributed by atoms with Crippen molar-refractivity contribution in [2.75, 3.05) is 10.6 Å². The zero-order valence-corrected chi connectivity index (χ0v) is 16.0. The molecule has 4 heterocycles. The van der Waals surface area contributed by atoms with Crippen LogP contribution in [-0.4, -0.2) is 40.6 Å². The summed E-state index contributed by atoms with van der Waals surface area (Å²) >= 11 is 12.2. The number of hydrogen-bond donors (Lipinski definition) is 2. The highest BCUT2D eigenvalue weighted by molar-refractivity contribution is 6.32. The second-order valence-electron chi connectivity index (χ2n) is 5.65. The van der Waals surface area contributed by atoms with Gasteiger partial charge < -0.3 is 10.6 Å². The Balaban J connectivity index is 1.53. The van der Waals surface area contributed by atoms with E-state index in [1.165, 1.54) is 23.4 Å². The van der Waals surface area contributed by atoms with Crippen molar-refractivity contribution in [1.82, 2.24) is 34.6 Å². The minimum atomic E-state index is -0.471. The standard InChI is InChI=1S/C16H13Cl2N9O/c1-2-10-12(7-22-26-8-13(18)25-14(10)26)24-16(28)23-9-5-11(17)15(19-6-9)27-20-3-4-21-27/h3-8H,2H2,1H3,(H2,23,24,28). The molecule has 0 fully saturated rings. The first-order chi connectivity index (χ1) is 13.5. The van der Waals surface area contributed by atoms with Crippen molar-refractivity contribution in [2.24, 2.45) is 0 Å². The summed E-state index contributed by atoms with van der Waals surface area (Å²) in [6.07, 6.45) is 8.26. The van der Waals surface area contributed by atoms with Crippen LogP contribution >= 0.6 is 23.2 Å². The number of hydrogen-bond acceptors (Lipinski definition) is 6. The SMILES string of the molecule is CCc1c(NC(=O)Nc2cnc(-n3nccn3)c(Cl)c2)cnn2cc(Cl)nc12. The number of anilines is 2. The van der Waals surface area contributed by atoms with Crippen molar-refractivity contribution in [2.45, 2.75) is 13.3 Å². The van der Waals surface area contributed by atoms with E-state index in [1.807, 2.05) is 6.92 Å². The number of aromatic nitrogens is 7. The van der Waals surface area contributed by atoms with Gasteiger partial charge in [-0.05, 0) is 12.5 Å². The highest BCUT2D eigenvalue weighted by Gasteiger charge is 2.14. The Kier molecular flexibility index (Phi) is 4.80. The molecule has 0 aliphatic rings. The van der Waals surface area contributed by atoms with E-state index < -0.39 is 6.03 Å². The van der Waals surface area contributed by atoms with Crippen LogP contribution in [0.3, 0.4) is 0 Å². The zero-order valence-electron chi connectivity index (χ0n) is 14.5. The molecule has 0 radical (unpaired) electrons. The van der Waals surface area contributed by atoms with E-state index in [1.54, 1.807) is 23.0 Å². The Bertz CT molecular complexity index is 1160. The summed E-state index contributed by atoms with van der Waals surface area (Å²) in [7, 11) is 0. The van der Waals surface area contributed by atoms with Gasteiger partial charge in [-0.1, -0.05) is 30.1 Å². The Morgan fingerprint density at radius 2 is 1.93 bits per heavy atom. The van der Waals surface area contributed by atoms with Crippen LogP contribution in [0.5, 0.6) is 0 Å². The molecule has 0 aliphatic heterocycles. The summed E-state index contributed by atoms with van der Waals surface area (Å²) in [5.74, 6) is 0.358. The molecule has 28 heavy (non-hydrogen) atoms. The molecule has 0 spiro atoms. The predicted octanol–water partition coefficient (Wildman–Crippen LogP) is 3.22. The predicted molar refractivity (Wildman–Crippen MR) is 104 cm³/mol. The molecule has 4 aromatic heterocycles. The molecule has 0 aromatic carbocycles. The van der Waals surface area contributed by atoms with Gasteiger partial charge in [-0.2, -0.15) is 15.3 Å². The summed E-state index contributed by atoms with van der Waals surface area (Å²) < 4.78 is 1.57. The third-order valence-electron chi connectivity index (χ3n) is 3.85. The number of aryl methyl sites for hydroxylation is 1. The van der Waals surface area contributed by atoms with E-state index in [4.69, 9.17) is 23.2 Å². The van der Waals surface area contributed by atoms with Crippen molar-refractivity contribution in [3.05, 3.63) is 52.8 Å². The van der Waals surface area contributed by atoms with Gasteiger partial charge in [0.2, 0.25) is 0 Å². The summed E-state index contributed by atoms with van der Waals surface area (Å²) in [5.41, 5.74) is 2.35. The second kappa shape index (κ2) is 7.41. The lowest BCUT2D eigenvalue weighted by atomic mass is 10.2. The summed E-state index contributed by atoms with van der Waals surface area (Å²) in [6, 6.07) is 1.09. The van der Waals surface area contributed by atoms with E-state index in [2.05, 4.69) is 35.9 Å². The van der Waals surface area contributed by atoms with Crippen molar-refractivity contribution in [3.63, 3.8) is 0 Å². The molecule has 0 saturated carbocycles. The Morgan fingerprint density at radius 3 is 2.64 bits per heavy atom. The van der Waals surface area contributed by atoms with Crippen LogP contribution in [0, 0.1) is 0 Å². The van der Waals surface area contributed by atoms with E-state index >= 15 is 0 Å². The molecule has 0 atom stereocenters. The average molecular weight is 418 g/mol. The highest BCUT2D eigenvalue weighted by atomic mass is 35.5. The lowest BCUT2D eigenvalue weighted by Gasteiger charge is -2.12. The lowest BCUT2D eigenvalue weighted by molar-refractivity contribution is 0.262. The number of halogens is 2. The van der Waals surface area contributed by atoms with Gasteiger partial charge in [0.25, 0.3) is 0 Å². The quantitative estimate of drug-likeness (QED) is 0.526. The van der Waals surface area contributed by atoms with Crippen LogP contribution in [0.1, 0.15) is 12.5 Å². The second-order valence-corrected chi connectivity index (χ2v) is 6.44. The minimum absolute atomic E-state index is 0.290. The number of pyridine rings is 1. The number of rotatable bonds is 4. The third kappa shape index (κ3) is 3.47. The summed E-state index contributed by atoms with van der Waals surface area (Å²) in [6.45, 7) is 1.95. The van der Waals surface area contributed by atoms with Crippen LogP contribution in [0.4, 0.5) is 16.2 Å². The molecule has 2 amide bonds. The van der Waals surface area contributed by atoms with Gasteiger partial charge in [0.1, 0.15) is 5.15 Å². The Morgan fingerprint density at radius 1 is 1.14 bits per heavy atom. The van der Waals surface area contributed by atoms with Gasteiger partial charge in [0.05, 0.1) is 47.4 Å². The number of imidazole rings is 1. The fourth-order valence-electron chi connectivity index (χ4n) is 2.67. The van der Waals surface area contributed by atoms with E-state index in [9.17, 15) is 4.79 Å². The number of carbonyl (C=O) groups is 1. The molecule has 12 heteroatoms. The maximum atomic E-state index is 12.4. The highest BCUT2D eigenvalue weighted by Crippen LogP contribution is 2.23. The number of urea groups is 1. The number of nitrogens with zero attached hydrogens (tertiary/aromatic N) is 7. The van der Waals surface area contributed by atoms with Crippen molar-refractivity contribution >= 4 is 46.3 Å². The normalized spacial score (nSPS) is 11.0. The maximum Gasteiger partial charge on any atom is 0.323 e. The van der Waals surface area contributed by atoms with Crippen LogP contribution in [0.2, 0.25) is 10.2 Å². The van der Waals surface area contributed by atoms with Gasteiger partial charge in [-0.25, -0.2) is 19.3 Å². The average Bonchev–Trinajstić information content (AvgIpc) is 3.30. The molecule has 0 saturated heterocycles. The summed E-state index contributed by atoms with van der Waals surface area (Å²) in [4.78, 5) is 22.1. The molecule has 0 aliphatic carbocycles. The molecule has 0 unspecified atom stereocenters. The maximum absolute atomic E-state index is 12.4. The molecule has 10 nitrogen and oxygen atoms in total. The first kappa shape index (κ1) is 18.1. The van der Waals surface area contributed by atoms with Crippen LogP contribution in [0.25, 0.3) is 11.5 Å². The first-order valence-corrected chi connectivity index (χ1v) is 8.93. The number of fused-ring (bicyclic) bond motifs is 1. The van der Waals surface area contributed by atoms with Gasteiger partial charge in [-0.15, -0.1) is 4.80 Å². The molecule has 0 bridgehead atoms.